The Morgan fingerprint density at radius 2 is 1.91 bits per heavy atom. The highest BCUT2D eigenvalue weighted by Crippen LogP contribution is 2.36. The average Bonchev–Trinajstić information content (AvgIpc) is 3.04. The van der Waals surface area contributed by atoms with Crippen LogP contribution < -0.4 is 0 Å². The molecule has 2 aliphatic rings. The van der Waals surface area contributed by atoms with E-state index in [1.54, 1.807) is 0 Å². The van der Waals surface area contributed by atoms with E-state index in [9.17, 15) is 15.0 Å². The molecule has 1 heterocycles. The zero-order valence-corrected chi connectivity index (χ0v) is 13.8. The minimum atomic E-state index is -0.531. The average molecular weight is 320 g/mol. The molecule has 1 saturated heterocycles. The van der Waals surface area contributed by atoms with Gasteiger partial charge in [0.2, 0.25) is 0 Å². The molecule has 4 heteroatoms. The number of hydrogen-bond donors (Lipinski definition) is 2. The molecule has 2 N–H and O–H groups in total. The molecule has 0 aromatic rings. The molecule has 1 aliphatic heterocycles. The van der Waals surface area contributed by atoms with Gasteiger partial charge in [-0.3, -0.25) is 4.79 Å². The zero-order chi connectivity index (χ0) is 16.7. The number of rotatable bonds is 7. The van der Waals surface area contributed by atoms with E-state index in [-0.39, 0.29) is 23.9 Å². The third-order valence-electron chi connectivity index (χ3n) is 4.63. The van der Waals surface area contributed by atoms with Crippen molar-refractivity contribution in [1.29, 1.82) is 0 Å². The second-order valence-electron chi connectivity index (χ2n) is 6.39. The van der Waals surface area contributed by atoms with Crippen LogP contribution in [0.25, 0.3) is 0 Å². The molecule has 128 valence electrons. The number of aliphatic hydroxyl groups excluding tert-OH is 2. The molecular formula is C19H28O4. The summed E-state index contributed by atoms with van der Waals surface area (Å²) >= 11 is 0. The largest absolute Gasteiger partial charge is 0.458 e. The van der Waals surface area contributed by atoms with Crippen LogP contribution in [0.2, 0.25) is 0 Å². The van der Waals surface area contributed by atoms with E-state index in [4.69, 9.17) is 4.74 Å². The molecule has 2 fully saturated rings. The van der Waals surface area contributed by atoms with Gasteiger partial charge in [-0.15, -0.1) is 0 Å². The first-order valence-corrected chi connectivity index (χ1v) is 8.65. The van der Waals surface area contributed by atoms with Crippen LogP contribution in [0.3, 0.4) is 0 Å². The number of ether oxygens (including phenoxy) is 1. The maximum atomic E-state index is 11.1. The number of hydrogen-bond acceptors (Lipinski definition) is 4. The molecule has 1 unspecified atom stereocenters. The van der Waals surface area contributed by atoms with Crippen LogP contribution >= 0.6 is 0 Å². The lowest BCUT2D eigenvalue weighted by Gasteiger charge is -2.19. The van der Waals surface area contributed by atoms with Crippen molar-refractivity contribution >= 4 is 5.97 Å². The van der Waals surface area contributed by atoms with Gasteiger partial charge in [0.1, 0.15) is 6.10 Å². The summed E-state index contributed by atoms with van der Waals surface area (Å²) in [6, 6.07) is 0. The lowest BCUT2D eigenvalue weighted by atomic mass is 9.89. The highest BCUT2D eigenvalue weighted by atomic mass is 16.5. The molecule has 0 radical (unpaired) electrons. The molecule has 23 heavy (non-hydrogen) atoms. The molecule has 0 aromatic heterocycles. The predicted octanol–water partition coefficient (Wildman–Crippen LogP) is 2.91. The first-order chi connectivity index (χ1) is 11.1. The molecule has 5 atom stereocenters. The maximum absolute atomic E-state index is 11.1. The molecular weight excluding hydrogens is 292 g/mol. The number of esters is 1. The summed E-state index contributed by atoms with van der Waals surface area (Å²) in [5.74, 6) is -0.226. The van der Waals surface area contributed by atoms with Crippen LogP contribution in [0.15, 0.2) is 36.5 Å². The van der Waals surface area contributed by atoms with E-state index in [2.05, 4.69) is 31.2 Å². The Balaban J connectivity index is 1.88. The van der Waals surface area contributed by atoms with Crippen LogP contribution in [0, 0.1) is 11.8 Å². The Kier molecular flexibility index (Phi) is 7.06. The normalized spacial score (nSPS) is 35.1. The lowest BCUT2D eigenvalue weighted by molar-refractivity contribution is -0.140. The Hall–Kier alpha value is -1.39. The minimum absolute atomic E-state index is 0.0183. The van der Waals surface area contributed by atoms with Gasteiger partial charge in [0.05, 0.1) is 12.2 Å². The number of carbonyl (C=O) groups excluding carboxylic acids is 1. The lowest BCUT2D eigenvalue weighted by Crippen LogP contribution is -2.20. The molecule has 1 saturated carbocycles. The van der Waals surface area contributed by atoms with Crippen LogP contribution in [0.1, 0.15) is 45.4 Å². The van der Waals surface area contributed by atoms with Gasteiger partial charge < -0.3 is 14.9 Å². The highest BCUT2D eigenvalue weighted by molar-refractivity contribution is 5.71. The van der Waals surface area contributed by atoms with E-state index < -0.39 is 12.2 Å². The van der Waals surface area contributed by atoms with Gasteiger partial charge in [-0.25, -0.2) is 0 Å². The smallest absolute Gasteiger partial charge is 0.306 e. The van der Waals surface area contributed by atoms with E-state index >= 15 is 0 Å². The van der Waals surface area contributed by atoms with E-state index in [0.29, 0.717) is 19.3 Å². The molecule has 2 rings (SSSR count). The number of cyclic esters (lactones) is 1. The zero-order valence-electron chi connectivity index (χ0n) is 13.8. The number of allylic oxidation sites excluding steroid dienone is 4. The number of aliphatic hydroxyl groups is 2. The highest BCUT2D eigenvalue weighted by Gasteiger charge is 2.39. The summed E-state index contributed by atoms with van der Waals surface area (Å²) in [4.78, 5) is 11.1. The second-order valence-corrected chi connectivity index (χ2v) is 6.39. The van der Waals surface area contributed by atoms with Gasteiger partial charge in [0, 0.05) is 18.8 Å². The van der Waals surface area contributed by atoms with Gasteiger partial charge in [0.25, 0.3) is 0 Å². The quantitative estimate of drug-likeness (QED) is 0.559. The SMILES string of the molecule is CC/C=C\C/C=C\C[C@@H]1[C@H](/C=C/C2CCC(=O)O2)[C@@H](O)C[C@H]1O. The van der Waals surface area contributed by atoms with E-state index in [1.807, 2.05) is 12.2 Å². The Morgan fingerprint density at radius 1 is 1.13 bits per heavy atom. The summed E-state index contributed by atoms with van der Waals surface area (Å²) in [6.45, 7) is 2.11. The van der Waals surface area contributed by atoms with E-state index in [1.165, 1.54) is 0 Å². The van der Waals surface area contributed by atoms with Crippen molar-refractivity contribution in [2.75, 3.05) is 0 Å². The number of carbonyl (C=O) groups is 1. The van der Waals surface area contributed by atoms with Crippen LogP contribution in [0.5, 0.6) is 0 Å². The summed E-state index contributed by atoms with van der Waals surface area (Å²) in [5.41, 5.74) is 0. The fraction of sp³-hybridized carbons (Fsp3) is 0.632. The second kappa shape index (κ2) is 9.04. The maximum Gasteiger partial charge on any atom is 0.306 e. The van der Waals surface area contributed by atoms with Gasteiger partial charge in [0.15, 0.2) is 0 Å². The van der Waals surface area contributed by atoms with Crippen molar-refractivity contribution in [3.63, 3.8) is 0 Å². The van der Waals surface area contributed by atoms with Crippen molar-refractivity contribution in [2.45, 2.75) is 63.8 Å². The topological polar surface area (TPSA) is 66.8 Å². The molecule has 0 spiro atoms. The van der Waals surface area contributed by atoms with Gasteiger partial charge in [-0.05, 0) is 37.7 Å². The van der Waals surface area contributed by atoms with Crippen molar-refractivity contribution in [3.8, 4) is 0 Å². The van der Waals surface area contributed by atoms with Crippen molar-refractivity contribution in [3.05, 3.63) is 36.5 Å². The van der Waals surface area contributed by atoms with Crippen molar-refractivity contribution in [2.24, 2.45) is 11.8 Å². The standard InChI is InChI=1S/C19H28O4/c1-2-3-4-5-6-7-8-15-16(18(21)13-17(15)20)11-9-14-10-12-19(22)23-14/h3-4,6-7,9,11,14-18,20-21H,2,5,8,10,12-13H2,1H3/b4-3-,7-6-,11-9+/t14?,15-,16+,17-,18+/m1/s1. The third-order valence-corrected chi connectivity index (χ3v) is 4.63. The van der Waals surface area contributed by atoms with Gasteiger partial charge in [-0.1, -0.05) is 37.3 Å². The molecule has 0 bridgehead atoms. The monoisotopic (exact) mass is 320 g/mol. The predicted molar refractivity (Wildman–Crippen MR) is 89.7 cm³/mol. The fourth-order valence-electron chi connectivity index (χ4n) is 3.33. The van der Waals surface area contributed by atoms with Crippen LogP contribution in [0.4, 0.5) is 0 Å². The summed E-state index contributed by atoms with van der Waals surface area (Å²) in [6.07, 6.45) is 15.3. The van der Waals surface area contributed by atoms with Crippen molar-refractivity contribution < 1.29 is 19.7 Å². The Morgan fingerprint density at radius 3 is 2.61 bits per heavy atom. The Labute approximate surface area is 138 Å². The van der Waals surface area contributed by atoms with E-state index in [0.717, 1.165) is 19.3 Å². The van der Waals surface area contributed by atoms with Crippen LogP contribution in [-0.2, 0) is 9.53 Å². The molecule has 1 aliphatic carbocycles. The molecule has 4 nitrogen and oxygen atoms in total. The summed E-state index contributed by atoms with van der Waals surface area (Å²) in [5, 5.41) is 20.4. The molecule has 0 aromatic carbocycles. The minimum Gasteiger partial charge on any atom is -0.458 e. The van der Waals surface area contributed by atoms with Gasteiger partial charge in [-0.2, -0.15) is 0 Å². The van der Waals surface area contributed by atoms with Gasteiger partial charge >= 0.3 is 5.97 Å². The fourth-order valence-corrected chi connectivity index (χ4v) is 3.33. The third kappa shape index (κ3) is 5.33. The molecule has 0 amide bonds. The first-order valence-electron chi connectivity index (χ1n) is 8.65. The summed E-state index contributed by atoms with van der Waals surface area (Å²) in [7, 11) is 0. The summed E-state index contributed by atoms with van der Waals surface area (Å²) < 4.78 is 5.16. The van der Waals surface area contributed by atoms with Crippen molar-refractivity contribution in [1.82, 2.24) is 0 Å². The first kappa shape index (κ1) is 18.0. The van der Waals surface area contributed by atoms with Crippen LogP contribution in [-0.4, -0.2) is 34.5 Å². The Bertz CT molecular complexity index is 466.